The fraction of sp³-hybridized carbons (Fsp3) is 0.353. The maximum Gasteiger partial charge on any atom is 0.332 e. The third kappa shape index (κ3) is 8.14. The molecule has 0 radical (unpaired) electrons. The first kappa shape index (κ1) is 18.0. The standard InChI is InChI=1S/C12H16O.C5H8O2/c1-5-10-6-8-11(9-7-10)13-12(2,3)4;1-4(2)5(6)7-3/h5-9H,1H2,2-4H3;1H2,2-3H3. The highest BCUT2D eigenvalue weighted by Gasteiger charge is 2.10. The Bertz CT molecular complexity index is 450. The van der Waals surface area contributed by atoms with Crippen molar-refractivity contribution in [3.63, 3.8) is 0 Å². The number of hydrogen-bond donors (Lipinski definition) is 0. The molecule has 110 valence electrons. The van der Waals surface area contributed by atoms with Gasteiger partial charge in [0.25, 0.3) is 0 Å². The minimum Gasteiger partial charge on any atom is -0.488 e. The van der Waals surface area contributed by atoms with Crippen LogP contribution in [-0.4, -0.2) is 18.7 Å². The molecule has 0 atom stereocenters. The van der Waals surface area contributed by atoms with E-state index in [-0.39, 0.29) is 11.6 Å². The molecule has 20 heavy (non-hydrogen) atoms. The SMILES string of the molecule is C=C(C)C(=O)OC.C=Cc1ccc(OC(C)(C)C)cc1. The van der Waals surface area contributed by atoms with E-state index in [1.165, 1.54) is 7.11 Å². The molecule has 0 unspecified atom stereocenters. The highest BCUT2D eigenvalue weighted by atomic mass is 16.5. The smallest absolute Gasteiger partial charge is 0.332 e. The van der Waals surface area contributed by atoms with Crippen LogP contribution in [0.5, 0.6) is 5.75 Å². The zero-order valence-corrected chi connectivity index (χ0v) is 13.0. The number of methoxy groups -OCH3 is 1. The summed E-state index contributed by atoms with van der Waals surface area (Å²) in [7, 11) is 1.33. The van der Waals surface area contributed by atoms with Crippen molar-refractivity contribution < 1.29 is 14.3 Å². The topological polar surface area (TPSA) is 35.5 Å². The molecule has 0 fully saturated rings. The van der Waals surface area contributed by atoms with E-state index in [9.17, 15) is 4.79 Å². The van der Waals surface area contributed by atoms with Gasteiger partial charge in [0, 0.05) is 5.57 Å². The highest BCUT2D eigenvalue weighted by Crippen LogP contribution is 2.18. The van der Waals surface area contributed by atoms with E-state index in [0.29, 0.717) is 5.57 Å². The summed E-state index contributed by atoms with van der Waals surface area (Å²) in [5.74, 6) is 0.554. The van der Waals surface area contributed by atoms with E-state index < -0.39 is 0 Å². The van der Waals surface area contributed by atoms with Crippen LogP contribution >= 0.6 is 0 Å². The Morgan fingerprint density at radius 3 is 1.95 bits per heavy atom. The predicted octanol–water partition coefficient (Wildman–Crippen LogP) is 4.24. The first-order valence-corrected chi connectivity index (χ1v) is 6.35. The summed E-state index contributed by atoms with van der Waals surface area (Å²) >= 11 is 0. The van der Waals surface area contributed by atoms with Gasteiger partial charge in [-0.15, -0.1) is 0 Å². The van der Waals surface area contributed by atoms with Crippen LogP contribution in [0.25, 0.3) is 6.08 Å². The van der Waals surface area contributed by atoms with Gasteiger partial charge in [-0.25, -0.2) is 4.79 Å². The highest BCUT2D eigenvalue weighted by molar-refractivity contribution is 5.86. The Morgan fingerprint density at radius 2 is 1.70 bits per heavy atom. The number of rotatable bonds is 3. The van der Waals surface area contributed by atoms with Gasteiger partial charge in [-0.05, 0) is 45.4 Å². The van der Waals surface area contributed by atoms with Crippen LogP contribution in [0.15, 0.2) is 43.0 Å². The summed E-state index contributed by atoms with van der Waals surface area (Å²) in [4.78, 5) is 10.2. The van der Waals surface area contributed by atoms with Crippen molar-refractivity contribution >= 4 is 12.0 Å². The molecule has 0 aliphatic rings. The van der Waals surface area contributed by atoms with Crippen LogP contribution < -0.4 is 4.74 Å². The lowest BCUT2D eigenvalue weighted by molar-refractivity contribution is -0.136. The molecule has 1 rings (SSSR count). The van der Waals surface area contributed by atoms with Crippen molar-refractivity contribution in [1.82, 2.24) is 0 Å². The second-order valence-electron chi connectivity index (χ2n) is 5.26. The van der Waals surface area contributed by atoms with Crippen LogP contribution in [0.4, 0.5) is 0 Å². The number of esters is 1. The van der Waals surface area contributed by atoms with Gasteiger partial charge in [-0.3, -0.25) is 0 Å². The Morgan fingerprint density at radius 1 is 1.20 bits per heavy atom. The van der Waals surface area contributed by atoms with Crippen LogP contribution in [0.1, 0.15) is 33.3 Å². The number of hydrogen-bond acceptors (Lipinski definition) is 3. The lowest BCUT2D eigenvalue weighted by Crippen LogP contribution is -2.22. The molecule has 3 heteroatoms. The molecular weight excluding hydrogens is 252 g/mol. The summed E-state index contributed by atoms with van der Waals surface area (Å²) in [6.07, 6.45) is 1.82. The Hall–Kier alpha value is -2.03. The van der Waals surface area contributed by atoms with Crippen LogP contribution in [0.2, 0.25) is 0 Å². The normalized spacial score (nSPS) is 9.85. The first-order chi connectivity index (χ1) is 9.19. The van der Waals surface area contributed by atoms with Crippen molar-refractivity contribution in [2.24, 2.45) is 0 Å². The van der Waals surface area contributed by atoms with Crippen molar-refractivity contribution in [2.45, 2.75) is 33.3 Å². The molecule has 0 spiro atoms. The lowest BCUT2D eigenvalue weighted by atomic mass is 10.2. The summed E-state index contributed by atoms with van der Waals surface area (Å²) in [5.41, 5.74) is 1.42. The molecule has 0 aromatic heterocycles. The molecule has 1 aromatic carbocycles. The minimum absolute atomic E-state index is 0.129. The van der Waals surface area contributed by atoms with Crippen LogP contribution in [0.3, 0.4) is 0 Å². The van der Waals surface area contributed by atoms with Gasteiger partial charge < -0.3 is 9.47 Å². The zero-order valence-electron chi connectivity index (χ0n) is 13.0. The molecule has 0 aliphatic carbocycles. The maximum absolute atomic E-state index is 10.2. The van der Waals surface area contributed by atoms with Gasteiger partial charge in [-0.1, -0.05) is 31.4 Å². The molecule has 0 N–H and O–H groups in total. The predicted molar refractivity (Wildman–Crippen MR) is 83.7 cm³/mol. The van der Waals surface area contributed by atoms with Crippen LogP contribution in [-0.2, 0) is 9.53 Å². The zero-order chi connectivity index (χ0) is 15.8. The lowest BCUT2D eigenvalue weighted by Gasteiger charge is -2.21. The van der Waals surface area contributed by atoms with Crippen LogP contribution in [0, 0.1) is 0 Å². The Kier molecular flexibility index (Phi) is 7.37. The van der Waals surface area contributed by atoms with Gasteiger partial charge in [0.15, 0.2) is 0 Å². The maximum atomic E-state index is 10.2. The van der Waals surface area contributed by atoms with E-state index >= 15 is 0 Å². The molecule has 0 bridgehead atoms. The van der Waals surface area contributed by atoms with Gasteiger partial charge >= 0.3 is 5.97 Å². The average Bonchev–Trinajstić information content (AvgIpc) is 2.37. The summed E-state index contributed by atoms with van der Waals surface area (Å²) in [5, 5.41) is 0. The second-order valence-corrected chi connectivity index (χ2v) is 5.26. The Labute approximate surface area is 121 Å². The monoisotopic (exact) mass is 276 g/mol. The molecule has 3 nitrogen and oxygen atoms in total. The average molecular weight is 276 g/mol. The number of ether oxygens (including phenoxy) is 2. The minimum atomic E-state index is -0.347. The molecule has 0 saturated carbocycles. The van der Waals surface area contributed by atoms with Crippen molar-refractivity contribution in [3.05, 3.63) is 48.6 Å². The summed E-state index contributed by atoms with van der Waals surface area (Å²) in [6.45, 7) is 14.8. The second kappa shape index (κ2) is 8.20. The molecule has 0 amide bonds. The largest absolute Gasteiger partial charge is 0.488 e. The van der Waals surface area contributed by atoms with Crippen molar-refractivity contribution in [3.8, 4) is 5.75 Å². The molecule has 0 heterocycles. The van der Waals surface area contributed by atoms with Gasteiger partial charge in [-0.2, -0.15) is 0 Å². The van der Waals surface area contributed by atoms with E-state index in [1.54, 1.807) is 6.92 Å². The number of carbonyl (C=O) groups is 1. The first-order valence-electron chi connectivity index (χ1n) is 6.35. The third-order valence-corrected chi connectivity index (χ3v) is 2.07. The van der Waals surface area contributed by atoms with E-state index in [0.717, 1.165) is 11.3 Å². The number of carbonyl (C=O) groups excluding carboxylic acids is 1. The summed E-state index contributed by atoms with van der Waals surface area (Å²) in [6, 6.07) is 7.91. The summed E-state index contributed by atoms with van der Waals surface area (Å²) < 4.78 is 9.94. The van der Waals surface area contributed by atoms with E-state index in [4.69, 9.17) is 4.74 Å². The van der Waals surface area contributed by atoms with Gasteiger partial charge in [0.1, 0.15) is 11.4 Å². The Balaban J connectivity index is 0.000000441. The molecule has 1 aromatic rings. The van der Waals surface area contributed by atoms with E-state index in [2.05, 4.69) is 17.9 Å². The van der Waals surface area contributed by atoms with Crippen molar-refractivity contribution in [1.29, 1.82) is 0 Å². The molecule has 0 saturated heterocycles. The fourth-order valence-electron chi connectivity index (χ4n) is 1.20. The molecule has 0 aliphatic heterocycles. The third-order valence-electron chi connectivity index (χ3n) is 2.07. The van der Waals surface area contributed by atoms with E-state index in [1.807, 2.05) is 51.1 Å². The fourth-order valence-corrected chi connectivity index (χ4v) is 1.20. The quantitative estimate of drug-likeness (QED) is 0.612. The van der Waals surface area contributed by atoms with Gasteiger partial charge in [0.05, 0.1) is 7.11 Å². The number of benzene rings is 1. The van der Waals surface area contributed by atoms with Gasteiger partial charge in [0.2, 0.25) is 0 Å². The van der Waals surface area contributed by atoms with Crippen molar-refractivity contribution in [2.75, 3.05) is 7.11 Å². The molecular formula is C17H24O3.